The standard InChI is InChI=1S/C12H23NO2/c1-9-4-3-5-11(6-9)12(15)13-7-10(2)8-14/h9-11,14H,3-8H2,1-2H3,(H,13,15). The fraction of sp³-hybridized carbons (Fsp3) is 0.917. The van der Waals surface area contributed by atoms with Crippen LogP contribution < -0.4 is 5.32 Å². The van der Waals surface area contributed by atoms with Gasteiger partial charge in [0.2, 0.25) is 5.91 Å². The highest BCUT2D eigenvalue weighted by atomic mass is 16.3. The van der Waals surface area contributed by atoms with Crippen molar-refractivity contribution in [2.75, 3.05) is 13.2 Å². The van der Waals surface area contributed by atoms with Crippen LogP contribution in [0.3, 0.4) is 0 Å². The predicted octanol–water partition coefficient (Wildman–Crippen LogP) is 1.56. The van der Waals surface area contributed by atoms with Crippen molar-refractivity contribution in [3.05, 3.63) is 0 Å². The summed E-state index contributed by atoms with van der Waals surface area (Å²) in [5.74, 6) is 1.24. The van der Waals surface area contributed by atoms with E-state index in [2.05, 4.69) is 12.2 Å². The van der Waals surface area contributed by atoms with Crippen molar-refractivity contribution in [2.24, 2.45) is 17.8 Å². The number of aliphatic hydroxyl groups is 1. The lowest BCUT2D eigenvalue weighted by atomic mass is 9.82. The van der Waals surface area contributed by atoms with Crippen LogP contribution >= 0.6 is 0 Å². The Hall–Kier alpha value is -0.570. The van der Waals surface area contributed by atoms with Gasteiger partial charge < -0.3 is 10.4 Å². The lowest BCUT2D eigenvalue weighted by Crippen LogP contribution is -2.36. The summed E-state index contributed by atoms with van der Waals surface area (Å²) in [4.78, 5) is 11.8. The predicted molar refractivity (Wildman–Crippen MR) is 60.4 cm³/mol. The second kappa shape index (κ2) is 6.11. The first kappa shape index (κ1) is 12.5. The zero-order valence-electron chi connectivity index (χ0n) is 9.83. The van der Waals surface area contributed by atoms with E-state index >= 15 is 0 Å². The molecule has 0 spiro atoms. The summed E-state index contributed by atoms with van der Waals surface area (Å²) in [6.45, 7) is 4.89. The molecule has 3 heteroatoms. The zero-order chi connectivity index (χ0) is 11.3. The van der Waals surface area contributed by atoms with Crippen molar-refractivity contribution in [3.63, 3.8) is 0 Å². The Morgan fingerprint density at radius 2 is 2.27 bits per heavy atom. The molecule has 0 aromatic rings. The van der Waals surface area contributed by atoms with E-state index in [0.717, 1.165) is 12.8 Å². The van der Waals surface area contributed by atoms with E-state index in [4.69, 9.17) is 5.11 Å². The lowest BCUT2D eigenvalue weighted by Gasteiger charge is -2.26. The van der Waals surface area contributed by atoms with Gasteiger partial charge in [0, 0.05) is 19.1 Å². The summed E-state index contributed by atoms with van der Waals surface area (Å²) in [5, 5.41) is 11.8. The Morgan fingerprint density at radius 1 is 1.53 bits per heavy atom. The highest BCUT2D eigenvalue weighted by molar-refractivity contribution is 5.78. The van der Waals surface area contributed by atoms with Crippen LogP contribution in [0.2, 0.25) is 0 Å². The molecule has 1 fully saturated rings. The van der Waals surface area contributed by atoms with Crippen LogP contribution in [0, 0.1) is 17.8 Å². The summed E-state index contributed by atoms with van der Waals surface area (Å²) in [6, 6.07) is 0. The van der Waals surface area contributed by atoms with Crippen molar-refractivity contribution >= 4 is 5.91 Å². The minimum atomic E-state index is 0.140. The molecule has 1 aliphatic carbocycles. The third kappa shape index (κ3) is 4.20. The summed E-state index contributed by atoms with van der Waals surface area (Å²) >= 11 is 0. The normalized spacial score (nSPS) is 28.5. The molecular weight excluding hydrogens is 190 g/mol. The van der Waals surface area contributed by atoms with Crippen molar-refractivity contribution in [3.8, 4) is 0 Å². The first-order valence-electron chi connectivity index (χ1n) is 6.02. The number of aliphatic hydroxyl groups excluding tert-OH is 1. The second-order valence-electron chi connectivity index (χ2n) is 5.00. The molecule has 0 bridgehead atoms. The number of carbonyl (C=O) groups excluding carboxylic acids is 1. The molecule has 3 unspecified atom stereocenters. The number of carbonyl (C=O) groups is 1. The lowest BCUT2D eigenvalue weighted by molar-refractivity contribution is -0.126. The number of hydrogen-bond donors (Lipinski definition) is 2. The maximum absolute atomic E-state index is 11.8. The zero-order valence-corrected chi connectivity index (χ0v) is 9.83. The minimum absolute atomic E-state index is 0.140. The SMILES string of the molecule is CC(CO)CNC(=O)C1CCCC(C)C1. The fourth-order valence-corrected chi connectivity index (χ4v) is 2.16. The first-order chi connectivity index (χ1) is 7.13. The van der Waals surface area contributed by atoms with E-state index < -0.39 is 0 Å². The largest absolute Gasteiger partial charge is 0.396 e. The smallest absolute Gasteiger partial charge is 0.223 e. The van der Waals surface area contributed by atoms with Crippen LogP contribution in [0.4, 0.5) is 0 Å². The van der Waals surface area contributed by atoms with Crippen LogP contribution in [0.5, 0.6) is 0 Å². The second-order valence-corrected chi connectivity index (χ2v) is 5.00. The minimum Gasteiger partial charge on any atom is -0.396 e. The number of nitrogens with one attached hydrogen (secondary N) is 1. The van der Waals surface area contributed by atoms with Crippen LogP contribution in [0.1, 0.15) is 39.5 Å². The molecule has 3 nitrogen and oxygen atoms in total. The highest BCUT2D eigenvalue weighted by Gasteiger charge is 2.24. The van der Waals surface area contributed by atoms with E-state index in [9.17, 15) is 4.79 Å². The molecular formula is C12H23NO2. The topological polar surface area (TPSA) is 49.3 Å². The molecule has 0 aromatic heterocycles. The third-order valence-electron chi connectivity index (χ3n) is 3.24. The van der Waals surface area contributed by atoms with Crippen molar-refractivity contribution in [1.29, 1.82) is 0 Å². The highest BCUT2D eigenvalue weighted by Crippen LogP contribution is 2.28. The maximum Gasteiger partial charge on any atom is 0.223 e. The van der Waals surface area contributed by atoms with Crippen LogP contribution in [-0.2, 0) is 4.79 Å². The Morgan fingerprint density at radius 3 is 2.87 bits per heavy atom. The van der Waals surface area contributed by atoms with E-state index in [1.807, 2.05) is 6.92 Å². The molecule has 88 valence electrons. The van der Waals surface area contributed by atoms with Gasteiger partial charge in [-0.2, -0.15) is 0 Å². The van der Waals surface area contributed by atoms with Gasteiger partial charge in [0.1, 0.15) is 0 Å². The van der Waals surface area contributed by atoms with Gasteiger partial charge in [-0.3, -0.25) is 4.79 Å². The van der Waals surface area contributed by atoms with Gasteiger partial charge in [-0.25, -0.2) is 0 Å². The first-order valence-corrected chi connectivity index (χ1v) is 6.02. The number of rotatable bonds is 4. The van der Waals surface area contributed by atoms with E-state index in [1.54, 1.807) is 0 Å². The Balaban J connectivity index is 2.26. The van der Waals surface area contributed by atoms with Crippen LogP contribution in [0.25, 0.3) is 0 Å². The molecule has 0 saturated heterocycles. The molecule has 2 N–H and O–H groups in total. The van der Waals surface area contributed by atoms with E-state index in [-0.39, 0.29) is 24.3 Å². The quantitative estimate of drug-likeness (QED) is 0.744. The molecule has 0 aliphatic heterocycles. The molecule has 0 heterocycles. The van der Waals surface area contributed by atoms with Gasteiger partial charge in [0.05, 0.1) is 0 Å². The van der Waals surface area contributed by atoms with E-state index in [0.29, 0.717) is 12.5 Å². The van der Waals surface area contributed by atoms with Crippen LogP contribution in [0.15, 0.2) is 0 Å². The molecule has 3 atom stereocenters. The molecule has 1 amide bonds. The summed E-state index contributed by atoms with van der Waals surface area (Å²) in [7, 11) is 0. The Labute approximate surface area is 92.3 Å². The maximum atomic E-state index is 11.8. The van der Waals surface area contributed by atoms with Gasteiger partial charge in [-0.1, -0.05) is 26.7 Å². The third-order valence-corrected chi connectivity index (χ3v) is 3.24. The van der Waals surface area contributed by atoms with Crippen LogP contribution in [-0.4, -0.2) is 24.2 Å². The Kier molecular flexibility index (Phi) is 5.09. The summed E-state index contributed by atoms with van der Waals surface area (Å²) < 4.78 is 0. The summed E-state index contributed by atoms with van der Waals surface area (Å²) in [5.41, 5.74) is 0. The van der Waals surface area contributed by atoms with Gasteiger partial charge >= 0.3 is 0 Å². The Bertz CT molecular complexity index is 206. The average molecular weight is 213 g/mol. The molecule has 1 saturated carbocycles. The summed E-state index contributed by atoms with van der Waals surface area (Å²) in [6.07, 6.45) is 4.49. The van der Waals surface area contributed by atoms with Crippen molar-refractivity contribution < 1.29 is 9.90 Å². The molecule has 1 aliphatic rings. The van der Waals surface area contributed by atoms with Gasteiger partial charge in [-0.05, 0) is 24.7 Å². The molecule has 1 rings (SSSR count). The van der Waals surface area contributed by atoms with E-state index in [1.165, 1.54) is 12.8 Å². The number of hydrogen-bond acceptors (Lipinski definition) is 2. The number of amides is 1. The van der Waals surface area contributed by atoms with Gasteiger partial charge in [-0.15, -0.1) is 0 Å². The fourth-order valence-electron chi connectivity index (χ4n) is 2.16. The van der Waals surface area contributed by atoms with Crippen molar-refractivity contribution in [2.45, 2.75) is 39.5 Å². The molecule has 0 aromatic carbocycles. The monoisotopic (exact) mass is 213 g/mol. The van der Waals surface area contributed by atoms with Crippen molar-refractivity contribution in [1.82, 2.24) is 5.32 Å². The van der Waals surface area contributed by atoms with Gasteiger partial charge in [0.15, 0.2) is 0 Å². The molecule has 15 heavy (non-hydrogen) atoms. The van der Waals surface area contributed by atoms with Gasteiger partial charge in [0.25, 0.3) is 0 Å². The average Bonchev–Trinajstić information content (AvgIpc) is 2.25. The molecule has 0 radical (unpaired) electrons.